The first kappa shape index (κ1) is 26.8. The highest BCUT2D eigenvalue weighted by Gasteiger charge is 2.48. The van der Waals surface area contributed by atoms with Crippen LogP contribution in [0.25, 0.3) is 0 Å². The molecular formula is C23H21F7N4O3. The quantitative estimate of drug-likeness (QED) is 0.473. The van der Waals surface area contributed by atoms with E-state index in [1.54, 1.807) is 11.9 Å². The van der Waals surface area contributed by atoms with Crippen molar-refractivity contribution >= 4 is 0 Å². The van der Waals surface area contributed by atoms with Gasteiger partial charge in [0.05, 0.1) is 43.3 Å². The highest BCUT2D eigenvalue weighted by atomic mass is 19.4. The summed E-state index contributed by atoms with van der Waals surface area (Å²) in [5.74, 6) is -0.536. The monoisotopic (exact) mass is 534 g/mol. The Morgan fingerprint density at radius 1 is 1.08 bits per heavy atom. The molecule has 0 bridgehead atoms. The van der Waals surface area contributed by atoms with Gasteiger partial charge in [-0.3, -0.25) is 5.01 Å². The number of nitrogens with zero attached hydrogens (tertiary/aromatic N) is 4. The highest BCUT2D eigenvalue weighted by molar-refractivity contribution is 5.35. The molecule has 1 N–H and O–H groups in total. The number of morpholine rings is 1. The Balaban J connectivity index is 1.77. The van der Waals surface area contributed by atoms with Crippen LogP contribution in [0.5, 0.6) is 0 Å². The van der Waals surface area contributed by atoms with Crippen molar-refractivity contribution in [3.05, 3.63) is 82.9 Å². The third-order valence-corrected chi connectivity index (χ3v) is 6.09. The number of hydrogen-bond acceptors (Lipinski definition) is 6. The summed E-state index contributed by atoms with van der Waals surface area (Å²) in [6.45, 7) is 0.910. The average Bonchev–Trinajstić information content (AvgIpc) is 3.37. The number of rotatable bonds is 6. The van der Waals surface area contributed by atoms with E-state index in [0.29, 0.717) is 17.7 Å². The summed E-state index contributed by atoms with van der Waals surface area (Å²) >= 11 is 0. The van der Waals surface area contributed by atoms with Gasteiger partial charge >= 0.3 is 12.4 Å². The molecule has 200 valence electrons. The number of ether oxygens (including phenoxy) is 2. The zero-order chi connectivity index (χ0) is 27.0. The van der Waals surface area contributed by atoms with Gasteiger partial charge in [0.25, 0.3) is 0 Å². The largest absolute Gasteiger partial charge is 0.416 e. The van der Waals surface area contributed by atoms with Crippen LogP contribution >= 0.6 is 0 Å². The van der Waals surface area contributed by atoms with Crippen LogP contribution in [0.15, 0.2) is 54.9 Å². The number of aliphatic hydroxyl groups is 1. The summed E-state index contributed by atoms with van der Waals surface area (Å²) in [5, 5.41) is 19.4. The van der Waals surface area contributed by atoms with E-state index >= 15 is 0 Å². The molecule has 7 nitrogen and oxygen atoms in total. The zero-order valence-corrected chi connectivity index (χ0v) is 19.2. The topological polar surface area (TPSA) is 72.6 Å². The van der Waals surface area contributed by atoms with Crippen molar-refractivity contribution in [1.82, 2.24) is 15.1 Å². The van der Waals surface area contributed by atoms with E-state index in [4.69, 9.17) is 9.47 Å². The minimum atomic E-state index is -5.08. The van der Waals surface area contributed by atoms with E-state index < -0.39 is 59.4 Å². The maximum absolute atomic E-state index is 13.7. The third kappa shape index (κ3) is 5.40. The van der Waals surface area contributed by atoms with Crippen LogP contribution in [0.1, 0.15) is 35.3 Å². The van der Waals surface area contributed by atoms with Crippen LogP contribution in [0.2, 0.25) is 0 Å². The number of alkyl halides is 6. The molecular weight excluding hydrogens is 513 g/mol. The number of benzene rings is 2. The first-order valence-corrected chi connectivity index (χ1v) is 10.9. The first-order chi connectivity index (χ1) is 17.3. The van der Waals surface area contributed by atoms with Crippen LogP contribution in [0, 0.1) is 5.82 Å². The van der Waals surface area contributed by atoms with Crippen molar-refractivity contribution in [3.8, 4) is 0 Å². The summed E-state index contributed by atoms with van der Waals surface area (Å²) in [5.41, 5.74) is -4.54. The van der Waals surface area contributed by atoms with Crippen LogP contribution in [0.3, 0.4) is 0 Å². The fraction of sp³-hybridized carbons (Fsp3) is 0.391. The molecule has 2 aromatic carbocycles. The number of hydrogen-bond donors (Lipinski definition) is 1. The lowest BCUT2D eigenvalue weighted by Crippen LogP contribution is -2.63. The molecule has 0 radical (unpaired) electrons. The predicted octanol–water partition coefficient (Wildman–Crippen LogP) is 4.41. The smallest absolute Gasteiger partial charge is 0.393 e. The Morgan fingerprint density at radius 2 is 1.70 bits per heavy atom. The Morgan fingerprint density at radius 3 is 2.22 bits per heavy atom. The van der Waals surface area contributed by atoms with Crippen molar-refractivity contribution in [1.29, 1.82) is 0 Å². The average molecular weight is 534 g/mol. The highest BCUT2D eigenvalue weighted by Crippen LogP contribution is 2.41. The van der Waals surface area contributed by atoms with E-state index in [9.17, 15) is 35.8 Å². The zero-order valence-electron chi connectivity index (χ0n) is 19.2. The lowest BCUT2D eigenvalue weighted by molar-refractivity contribution is -0.231. The molecule has 4 rings (SSSR count). The van der Waals surface area contributed by atoms with Gasteiger partial charge in [-0.1, -0.05) is 12.1 Å². The molecule has 1 aromatic heterocycles. The maximum atomic E-state index is 13.7. The summed E-state index contributed by atoms with van der Waals surface area (Å²) in [6, 6.07) is 6.20. The Kier molecular flexibility index (Phi) is 7.18. The second kappa shape index (κ2) is 9.91. The van der Waals surface area contributed by atoms with Gasteiger partial charge in [-0.2, -0.15) is 31.1 Å². The van der Waals surface area contributed by atoms with Crippen LogP contribution in [-0.2, 0) is 27.4 Å². The third-order valence-electron chi connectivity index (χ3n) is 6.09. The molecule has 0 aliphatic carbocycles. The van der Waals surface area contributed by atoms with Gasteiger partial charge in [-0.05, 0) is 53.6 Å². The number of aromatic nitrogens is 3. The second-order valence-corrected chi connectivity index (χ2v) is 8.45. The summed E-state index contributed by atoms with van der Waals surface area (Å²) in [4.78, 5) is 1.36. The van der Waals surface area contributed by atoms with Crippen LogP contribution < -0.4 is 5.01 Å². The molecule has 37 heavy (non-hydrogen) atoms. The van der Waals surface area contributed by atoms with Crippen molar-refractivity contribution in [2.24, 2.45) is 0 Å². The maximum Gasteiger partial charge on any atom is 0.416 e. The molecule has 0 amide bonds. The predicted molar refractivity (Wildman–Crippen MR) is 114 cm³/mol. The van der Waals surface area contributed by atoms with Gasteiger partial charge < -0.3 is 14.6 Å². The summed E-state index contributed by atoms with van der Waals surface area (Å²) in [6.07, 6.45) is -10.2. The van der Waals surface area contributed by atoms with Gasteiger partial charge in [0.15, 0.2) is 6.29 Å². The molecule has 0 unspecified atom stereocenters. The van der Waals surface area contributed by atoms with Gasteiger partial charge in [-0.25, -0.2) is 4.39 Å². The lowest BCUT2D eigenvalue weighted by Gasteiger charge is -2.50. The second-order valence-electron chi connectivity index (χ2n) is 8.45. The standard InChI is InChI=1S/C23H21F7N4O3/c1-21(15-2-4-18(24)5-3-15)20(36-9-8-33(21)34-7-6-31-32-34)37-19(13-35)14-10-16(22(25,26)27)12-17(11-14)23(28,29)30/h2-7,10-12,19-20,35H,8-9,13H2,1H3/t19-,20+,21-/m0/s1. The van der Waals surface area contributed by atoms with Crippen molar-refractivity contribution in [2.45, 2.75) is 37.2 Å². The van der Waals surface area contributed by atoms with E-state index in [-0.39, 0.29) is 19.2 Å². The minimum absolute atomic E-state index is 0.00980. The SMILES string of the molecule is C[C@]1(c2ccc(F)cc2)[C@@H](O[C@@H](CO)c2cc(C(F)(F)F)cc(C(F)(F)F)c2)OCCN1n1ccnn1. The molecule has 1 aliphatic rings. The van der Waals surface area contributed by atoms with Crippen LogP contribution in [-0.4, -0.2) is 46.3 Å². The fourth-order valence-corrected chi connectivity index (χ4v) is 4.19. The number of halogens is 7. The Labute approximate surface area is 206 Å². The van der Waals surface area contributed by atoms with Crippen molar-refractivity contribution in [3.63, 3.8) is 0 Å². The molecule has 1 fully saturated rings. The van der Waals surface area contributed by atoms with E-state index in [2.05, 4.69) is 10.3 Å². The van der Waals surface area contributed by atoms with Gasteiger partial charge in [0.2, 0.25) is 0 Å². The van der Waals surface area contributed by atoms with Crippen molar-refractivity contribution < 1.29 is 45.3 Å². The molecule has 1 aliphatic heterocycles. The van der Waals surface area contributed by atoms with Crippen molar-refractivity contribution in [2.75, 3.05) is 24.8 Å². The minimum Gasteiger partial charge on any atom is -0.393 e. The molecule has 14 heteroatoms. The van der Waals surface area contributed by atoms with E-state index in [0.717, 1.165) is 0 Å². The van der Waals surface area contributed by atoms with Crippen LogP contribution in [0.4, 0.5) is 30.7 Å². The molecule has 0 spiro atoms. The molecule has 3 atom stereocenters. The Bertz CT molecular complexity index is 1170. The Hall–Kier alpha value is -3.23. The normalized spacial score (nSPS) is 21.8. The molecule has 1 saturated heterocycles. The summed E-state index contributed by atoms with van der Waals surface area (Å²) < 4.78 is 106. The van der Waals surface area contributed by atoms with Gasteiger partial charge in [0, 0.05) is 0 Å². The van der Waals surface area contributed by atoms with Gasteiger partial charge in [-0.15, -0.1) is 5.10 Å². The lowest BCUT2D eigenvalue weighted by atomic mass is 9.89. The molecule has 3 aromatic rings. The fourth-order valence-electron chi connectivity index (χ4n) is 4.19. The van der Waals surface area contributed by atoms with Gasteiger partial charge in [0.1, 0.15) is 17.5 Å². The van der Waals surface area contributed by atoms with E-state index in [1.807, 2.05) is 0 Å². The molecule has 0 saturated carbocycles. The molecule has 2 heterocycles. The number of aliphatic hydroxyl groups excluding tert-OH is 1. The van der Waals surface area contributed by atoms with E-state index in [1.165, 1.54) is 41.4 Å². The first-order valence-electron chi connectivity index (χ1n) is 10.9. The summed E-state index contributed by atoms with van der Waals surface area (Å²) in [7, 11) is 0.